The predicted molar refractivity (Wildman–Crippen MR) is 114 cm³/mol. The van der Waals surface area contributed by atoms with Crippen molar-refractivity contribution in [2.45, 2.75) is 16.9 Å². The van der Waals surface area contributed by atoms with Crippen LogP contribution in [0.2, 0.25) is 0 Å². The molecule has 0 unspecified atom stereocenters. The number of hydrogen-bond donors (Lipinski definition) is 0. The van der Waals surface area contributed by atoms with Crippen LogP contribution in [0.3, 0.4) is 0 Å². The van der Waals surface area contributed by atoms with E-state index in [4.69, 9.17) is 4.42 Å². The van der Waals surface area contributed by atoms with Gasteiger partial charge in [-0.05, 0) is 36.8 Å². The van der Waals surface area contributed by atoms with Gasteiger partial charge in [-0.15, -0.1) is 0 Å². The minimum absolute atomic E-state index is 0.849. The second kappa shape index (κ2) is 7.77. The highest BCUT2D eigenvalue weighted by molar-refractivity contribution is 7.99. The molecular formula is C24H21NOS. The lowest BCUT2D eigenvalue weighted by Gasteiger charge is -2.18. The van der Waals surface area contributed by atoms with E-state index in [9.17, 15) is 0 Å². The Morgan fingerprint density at radius 1 is 0.778 bits per heavy atom. The third-order valence-corrected chi connectivity index (χ3v) is 5.37. The van der Waals surface area contributed by atoms with Crippen molar-refractivity contribution in [1.82, 2.24) is 0 Å². The third kappa shape index (κ3) is 3.93. The lowest BCUT2D eigenvalue weighted by Crippen LogP contribution is -2.09. The zero-order valence-corrected chi connectivity index (χ0v) is 16.2. The van der Waals surface area contributed by atoms with Gasteiger partial charge in [0.05, 0.1) is 0 Å². The Morgan fingerprint density at radius 2 is 1.41 bits per heavy atom. The van der Waals surface area contributed by atoms with Crippen molar-refractivity contribution in [1.29, 1.82) is 0 Å². The number of benzene rings is 3. The second-order valence-corrected chi connectivity index (χ2v) is 7.54. The summed E-state index contributed by atoms with van der Waals surface area (Å²) in [6, 6.07) is 31.3. The molecule has 0 fully saturated rings. The van der Waals surface area contributed by atoms with Crippen molar-refractivity contribution in [2.24, 2.45) is 0 Å². The summed E-state index contributed by atoms with van der Waals surface area (Å²) in [5, 5.41) is 0.885. The summed E-state index contributed by atoms with van der Waals surface area (Å²) in [7, 11) is 2.04. The highest BCUT2D eigenvalue weighted by atomic mass is 32.2. The Hall–Kier alpha value is -2.91. The lowest BCUT2D eigenvalue weighted by atomic mass is 10.1. The van der Waals surface area contributed by atoms with E-state index in [1.54, 1.807) is 11.8 Å². The minimum atomic E-state index is 0.849. The summed E-state index contributed by atoms with van der Waals surface area (Å²) >= 11 is 1.65. The van der Waals surface area contributed by atoms with Gasteiger partial charge in [-0.3, -0.25) is 0 Å². The largest absolute Gasteiger partial charge is 0.433 e. The molecule has 0 aliphatic carbocycles. The summed E-state index contributed by atoms with van der Waals surface area (Å²) in [5.74, 6) is 0.849. The zero-order chi connectivity index (χ0) is 18.6. The first-order valence-corrected chi connectivity index (χ1v) is 9.75. The lowest BCUT2D eigenvalue weighted by molar-refractivity contribution is 0.480. The van der Waals surface area contributed by atoms with Gasteiger partial charge in [-0.1, -0.05) is 78.0 Å². The molecule has 27 heavy (non-hydrogen) atoms. The van der Waals surface area contributed by atoms with Gasteiger partial charge in [-0.2, -0.15) is 0 Å². The summed E-state index contributed by atoms with van der Waals surface area (Å²) in [5.41, 5.74) is 4.59. The summed E-state index contributed by atoms with van der Waals surface area (Å²) in [6.07, 6.45) is 0. The Labute approximate surface area is 164 Å². The van der Waals surface area contributed by atoms with E-state index in [0.717, 1.165) is 27.8 Å². The fourth-order valence-electron chi connectivity index (χ4n) is 2.97. The van der Waals surface area contributed by atoms with Gasteiger partial charge in [0, 0.05) is 29.3 Å². The molecular weight excluding hydrogens is 350 g/mol. The van der Waals surface area contributed by atoms with Gasteiger partial charge in [0.1, 0.15) is 0 Å². The van der Waals surface area contributed by atoms with Crippen LogP contribution in [0, 0.1) is 6.92 Å². The molecule has 0 N–H and O–H groups in total. The molecule has 2 nitrogen and oxygen atoms in total. The minimum Gasteiger partial charge on any atom is -0.433 e. The average molecular weight is 372 g/mol. The Bertz CT molecular complexity index is 1010. The monoisotopic (exact) mass is 371 g/mol. The molecule has 0 aliphatic heterocycles. The van der Waals surface area contributed by atoms with E-state index in [2.05, 4.69) is 78.6 Å². The Morgan fingerprint density at radius 3 is 2.07 bits per heavy atom. The maximum absolute atomic E-state index is 6.31. The van der Waals surface area contributed by atoms with Crippen LogP contribution in [0.1, 0.15) is 5.56 Å². The highest BCUT2D eigenvalue weighted by Crippen LogP contribution is 2.41. The highest BCUT2D eigenvalue weighted by Gasteiger charge is 2.18. The molecule has 4 aromatic rings. The average Bonchev–Trinajstić information content (AvgIpc) is 3.14. The van der Waals surface area contributed by atoms with E-state index >= 15 is 0 Å². The molecule has 1 aromatic heterocycles. The quantitative estimate of drug-likeness (QED) is 0.370. The van der Waals surface area contributed by atoms with Crippen LogP contribution in [-0.2, 0) is 0 Å². The van der Waals surface area contributed by atoms with E-state index in [1.165, 1.54) is 10.5 Å². The van der Waals surface area contributed by atoms with Gasteiger partial charge < -0.3 is 9.32 Å². The smallest absolute Gasteiger partial charge is 0.209 e. The van der Waals surface area contributed by atoms with Crippen LogP contribution in [-0.4, -0.2) is 7.05 Å². The van der Waals surface area contributed by atoms with Gasteiger partial charge in [0.2, 0.25) is 5.88 Å². The van der Waals surface area contributed by atoms with E-state index in [0.29, 0.717) is 0 Å². The molecule has 0 radical (unpaired) electrons. The van der Waals surface area contributed by atoms with E-state index < -0.39 is 0 Å². The fraction of sp³-hybridized carbons (Fsp3) is 0.0833. The maximum atomic E-state index is 6.31. The first-order chi connectivity index (χ1) is 13.2. The Balaban J connectivity index is 1.74. The number of rotatable bonds is 5. The van der Waals surface area contributed by atoms with Crippen LogP contribution >= 0.6 is 11.8 Å². The van der Waals surface area contributed by atoms with Gasteiger partial charge in [-0.25, -0.2) is 0 Å². The molecule has 1 heterocycles. The van der Waals surface area contributed by atoms with Crippen molar-refractivity contribution in [3.05, 3.63) is 96.6 Å². The van der Waals surface area contributed by atoms with Gasteiger partial charge >= 0.3 is 0 Å². The van der Waals surface area contributed by atoms with Crippen LogP contribution in [0.4, 0.5) is 11.6 Å². The number of furan rings is 1. The normalized spacial score (nSPS) is 10.7. The van der Waals surface area contributed by atoms with Crippen molar-refractivity contribution in [2.75, 3.05) is 11.9 Å². The van der Waals surface area contributed by atoms with Crippen molar-refractivity contribution in [3.63, 3.8) is 0 Å². The number of aryl methyl sites for hydroxylation is 1. The molecule has 3 heteroatoms. The zero-order valence-electron chi connectivity index (χ0n) is 15.4. The van der Waals surface area contributed by atoms with Crippen LogP contribution in [0.15, 0.2) is 105 Å². The van der Waals surface area contributed by atoms with Gasteiger partial charge in [0.25, 0.3) is 0 Å². The van der Waals surface area contributed by atoms with Crippen molar-refractivity contribution >= 4 is 23.3 Å². The number of para-hydroxylation sites is 1. The fourth-order valence-corrected chi connectivity index (χ4v) is 3.78. The summed E-state index contributed by atoms with van der Waals surface area (Å²) in [4.78, 5) is 3.27. The van der Waals surface area contributed by atoms with E-state index in [-0.39, 0.29) is 0 Å². The SMILES string of the molecule is Cc1ccc(Sc2cc(-c3ccccc3)c(N(C)c3ccccc3)o2)cc1. The molecule has 134 valence electrons. The molecule has 0 saturated carbocycles. The second-order valence-electron chi connectivity index (χ2n) is 6.46. The van der Waals surface area contributed by atoms with E-state index in [1.807, 2.05) is 31.3 Å². The third-order valence-electron chi connectivity index (χ3n) is 4.46. The molecule has 0 bridgehead atoms. The summed E-state index contributed by atoms with van der Waals surface area (Å²) in [6.45, 7) is 2.10. The standard InChI is InChI=1S/C24H21NOS/c1-18-13-15-21(16-14-18)27-23-17-22(19-9-5-3-6-10-19)24(26-23)25(2)20-11-7-4-8-12-20/h3-17H,1-2H3. The topological polar surface area (TPSA) is 16.4 Å². The Kier molecular flexibility index (Phi) is 5.03. The molecule has 0 spiro atoms. The van der Waals surface area contributed by atoms with Crippen LogP contribution < -0.4 is 4.90 Å². The first-order valence-electron chi connectivity index (χ1n) is 8.93. The number of anilines is 2. The molecule has 0 amide bonds. The van der Waals surface area contributed by atoms with Crippen molar-refractivity contribution in [3.8, 4) is 11.1 Å². The molecule has 0 aliphatic rings. The number of nitrogens with zero attached hydrogens (tertiary/aromatic N) is 1. The predicted octanol–water partition coefficient (Wildman–Crippen LogP) is 7.17. The van der Waals surface area contributed by atoms with Gasteiger partial charge in [0.15, 0.2) is 5.09 Å². The molecule has 3 aromatic carbocycles. The molecule has 0 saturated heterocycles. The number of hydrogen-bond acceptors (Lipinski definition) is 3. The summed E-state index contributed by atoms with van der Waals surface area (Å²) < 4.78 is 6.31. The van der Waals surface area contributed by atoms with Crippen molar-refractivity contribution < 1.29 is 4.42 Å². The molecule has 0 atom stereocenters. The molecule has 4 rings (SSSR count). The van der Waals surface area contributed by atoms with Crippen LogP contribution in [0.5, 0.6) is 0 Å². The first kappa shape index (κ1) is 17.5. The maximum Gasteiger partial charge on any atom is 0.209 e. The van der Waals surface area contributed by atoms with Crippen LogP contribution in [0.25, 0.3) is 11.1 Å².